The van der Waals surface area contributed by atoms with E-state index in [1.807, 2.05) is 24.3 Å². The lowest BCUT2D eigenvalue weighted by atomic mass is 10.1. The molecular formula is C15H21NO3. The Morgan fingerprint density at radius 3 is 2.32 bits per heavy atom. The van der Waals surface area contributed by atoms with Gasteiger partial charge in [-0.15, -0.1) is 0 Å². The molecule has 1 aromatic carbocycles. The van der Waals surface area contributed by atoms with E-state index < -0.39 is 0 Å². The zero-order valence-corrected chi connectivity index (χ0v) is 11.8. The standard InChI is InChI=1S/C15H21NO3/c1-12(17)4-9-15(18)16(2)11-10-13-5-7-14(19-3)8-6-13/h5-8H,4,9-11H2,1-3H3. The summed E-state index contributed by atoms with van der Waals surface area (Å²) in [5.41, 5.74) is 1.16. The molecule has 0 aliphatic heterocycles. The number of benzene rings is 1. The van der Waals surface area contributed by atoms with E-state index in [1.165, 1.54) is 6.92 Å². The average molecular weight is 263 g/mol. The second-order valence-electron chi connectivity index (χ2n) is 4.62. The first-order chi connectivity index (χ1) is 9.02. The molecule has 0 aliphatic carbocycles. The fourth-order valence-corrected chi connectivity index (χ4v) is 1.69. The minimum Gasteiger partial charge on any atom is -0.497 e. The van der Waals surface area contributed by atoms with Crippen molar-refractivity contribution >= 4 is 11.7 Å². The quantitative estimate of drug-likeness (QED) is 0.756. The van der Waals surface area contributed by atoms with E-state index in [9.17, 15) is 9.59 Å². The van der Waals surface area contributed by atoms with Gasteiger partial charge in [0.2, 0.25) is 5.91 Å². The molecule has 0 unspecified atom stereocenters. The van der Waals surface area contributed by atoms with E-state index in [1.54, 1.807) is 19.1 Å². The minimum atomic E-state index is 0.0173. The first-order valence-corrected chi connectivity index (χ1v) is 6.39. The minimum absolute atomic E-state index is 0.0173. The van der Waals surface area contributed by atoms with Crippen LogP contribution in [-0.2, 0) is 16.0 Å². The predicted molar refractivity (Wildman–Crippen MR) is 74.3 cm³/mol. The fraction of sp³-hybridized carbons (Fsp3) is 0.467. The molecule has 19 heavy (non-hydrogen) atoms. The lowest BCUT2D eigenvalue weighted by Gasteiger charge is -2.16. The number of rotatable bonds is 7. The number of amides is 1. The Labute approximate surface area is 114 Å². The SMILES string of the molecule is COc1ccc(CCN(C)C(=O)CCC(C)=O)cc1. The molecule has 1 aromatic rings. The summed E-state index contributed by atoms with van der Waals surface area (Å²) >= 11 is 0. The van der Waals surface area contributed by atoms with Gasteiger partial charge in [0.15, 0.2) is 0 Å². The van der Waals surface area contributed by atoms with Crippen molar-refractivity contribution in [3.05, 3.63) is 29.8 Å². The van der Waals surface area contributed by atoms with Gasteiger partial charge in [-0.25, -0.2) is 0 Å². The number of hydrogen-bond donors (Lipinski definition) is 0. The molecule has 0 radical (unpaired) electrons. The molecule has 0 N–H and O–H groups in total. The van der Waals surface area contributed by atoms with Gasteiger partial charge in [-0.3, -0.25) is 4.79 Å². The van der Waals surface area contributed by atoms with E-state index in [0.29, 0.717) is 19.4 Å². The topological polar surface area (TPSA) is 46.6 Å². The summed E-state index contributed by atoms with van der Waals surface area (Å²) in [4.78, 5) is 24.2. The monoisotopic (exact) mass is 263 g/mol. The summed E-state index contributed by atoms with van der Waals surface area (Å²) < 4.78 is 5.09. The van der Waals surface area contributed by atoms with Crippen molar-refractivity contribution in [2.75, 3.05) is 20.7 Å². The molecule has 4 heteroatoms. The maximum absolute atomic E-state index is 11.7. The van der Waals surface area contributed by atoms with Crippen LogP contribution in [0.15, 0.2) is 24.3 Å². The van der Waals surface area contributed by atoms with Crippen molar-refractivity contribution in [3.8, 4) is 5.75 Å². The third-order valence-electron chi connectivity index (χ3n) is 3.01. The molecule has 0 heterocycles. The summed E-state index contributed by atoms with van der Waals surface area (Å²) in [5.74, 6) is 0.898. The van der Waals surface area contributed by atoms with Gasteiger partial charge in [0.05, 0.1) is 7.11 Å². The molecule has 0 aromatic heterocycles. The van der Waals surface area contributed by atoms with Crippen LogP contribution in [0.4, 0.5) is 0 Å². The number of carbonyl (C=O) groups is 2. The van der Waals surface area contributed by atoms with E-state index >= 15 is 0 Å². The van der Waals surface area contributed by atoms with Crippen molar-refractivity contribution in [1.82, 2.24) is 4.90 Å². The molecule has 0 atom stereocenters. The summed E-state index contributed by atoms with van der Waals surface area (Å²) in [6.45, 7) is 2.16. The highest BCUT2D eigenvalue weighted by Crippen LogP contribution is 2.12. The summed E-state index contributed by atoms with van der Waals surface area (Å²) in [5, 5.41) is 0. The summed E-state index contributed by atoms with van der Waals surface area (Å²) in [6, 6.07) is 7.80. The maximum atomic E-state index is 11.7. The number of methoxy groups -OCH3 is 1. The first-order valence-electron chi connectivity index (χ1n) is 6.39. The Bertz CT molecular complexity index is 426. The van der Waals surface area contributed by atoms with Crippen LogP contribution >= 0.6 is 0 Å². The molecule has 0 saturated carbocycles. The average Bonchev–Trinajstić information content (AvgIpc) is 2.42. The van der Waals surface area contributed by atoms with Crippen LogP contribution in [0.1, 0.15) is 25.3 Å². The van der Waals surface area contributed by atoms with Crippen molar-refractivity contribution in [3.63, 3.8) is 0 Å². The molecule has 1 rings (SSSR count). The molecule has 0 fully saturated rings. The van der Waals surface area contributed by atoms with Gasteiger partial charge in [-0.05, 0) is 31.0 Å². The second-order valence-corrected chi connectivity index (χ2v) is 4.62. The number of ether oxygens (including phenoxy) is 1. The number of Topliss-reactive ketones (excluding diaryl/α,β-unsaturated/α-hetero) is 1. The Morgan fingerprint density at radius 1 is 1.16 bits per heavy atom. The highest BCUT2D eigenvalue weighted by Gasteiger charge is 2.09. The zero-order valence-electron chi connectivity index (χ0n) is 11.8. The smallest absolute Gasteiger partial charge is 0.222 e. The predicted octanol–water partition coefficient (Wildman–Crippen LogP) is 2.07. The summed E-state index contributed by atoms with van der Waals surface area (Å²) in [6.07, 6.45) is 1.42. The molecule has 1 amide bonds. The van der Waals surface area contributed by atoms with Crippen LogP contribution in [0, 0.1) is 0 Å². The molecular weight excluding hydrogens is 242 g/mol. The van der Waals surface area contributed by atoms with Crippen LogP contribution in [-0.4, -0.2) is 37.3 Å². The zero-order chi connectivity index (χ0) is 14.3. The Kier molecular flexibility index (Phi) is 6.06. The number of nitrogens with zero attached hydrogens (tertiary/aromatic N) is 1. The van der Waals surface area contributed by atoms with Crippen LogP contribution in [0.25, 0.3) is 0 Å². The number of likely N-dealkylation sites (N-methyl/N-ethyl adjacent to an activating group) is 1. The number of ketones is 1. The van der Waals surface area contributed by atoms with Crippen LogP contribution in [0.2, 0.25) is 0 Å². The van der Waals surface area contributed by atoms with E-state index in [4.69, 9.17) is 4.74 Å². The van der Waals surface area contributed by atoms with Crippen molar-refractivity contribution in [2.24, 2.45) is 0 Å². The van der Waals surface area contributed by atoms with Crippen LogP contribution in [0.3, 0.4) is 0 Å². The first kappa shape index (κ1) is 15.2. The normalized spacial score (nSPS) is 10.1. The van der Waals surface area contributed by atoms with Gasteiger partial charge in [0, 0.05) is 26.4 Å². The second kappa shape index (κ2) is 7.56. The van der Waals surface area contributed by atoms with Crippen molar-refractivity contribution < 1.29 is 14.3 Å². The van der Waals surface area contributed by atoms with Gasteiger partial charge in [0.1, 0.15) is 11.5 Å². The number of carbonyl (C=O) groups excluding carboxylic acids is 2. The van der Waals surface area contributed by atoms with Gasteiger partial charge < -0.3 is 14.4 Å². The number of hydrogen-bond acceptors (Lipinski definition) is 3. The van der Waals surface area contributed by atoms with Gasteiger partial charge in [0.25, 0.3) is 0 Å². The molecule has 0 bridgehead atoms. The molecule has 4 nitrogen and oxygen atoms in total. The summed E-state index contributed by atoms with van der Waals surface area (Å²) in [7, 11) is 3.41. The van der Waals surface area contributed by atoms with E-state index in [2.05, 4.69) is 0 Å². The fourth-order valence-electron chi connectivity index (χ4n) is 1.69. The van der Waals surface area contributed by atoms with Gasteiger partial charge in [-0.1, -0.05) is 12.1 Å². The third kappa shape index (κ3) is 5.55. The molecule has 0 aliphatic rings. The largest absolute Gasteiger partial charge is 0.497 e. The lowest BCUT2D eigenvalue weighted by molar-refractivity contribution is -0.131. The Morgan fingerprint density at radius 2 is 1.79 bits per heavy atom. The Balaban J connectivity index is 2.38. The highest BCUT2D eigenvalue weighted by molar-refractivity contribution is 5.83. The molecule has 0 saturated heterocycles. The van der Waals surface area contributed by atoms with Crippen molar-refractivity contribution in [1.29, 1.82) is 0 Å². The molecule has 104 valence electrons. The van der Waals surface area contributed by atoms with Crippen molar-refractivity contribution in [2.45, 2.75) is 26.2 Å². The van der Waals surface area contributed by atoms with Gasteiger partial charge >= 0.3 is 0 Å². The van der Waals surface area contributed by atoms with Crippen LogP contribution < -0.4 is 4.74 Å². The third-order valence-corrected chi connectivity index (χ3v) is 3.01. The Hall–Kier alpha value is -1.84. The lowest BCUT2D eigenvalue weighted by Crippen LogP contribution is -2.28. The molecule has 0 spiro atoms. The van der Waals surface area contributed by atoms with Crippen LogP contribution in [0.5, 0.6) is 5.75 Å². The van der Waals surface area contributed by atoms with E-state index in [-0.39, 0.29) is 11.7 Å². The highest BCUT2D eigenvalue weighted by atomic mass is 16.5. The van der Waals surface area contributed by atoms with Gasteiger partial charge in [-0.2, -0.15) is 0 Å². The van der Waals surface area contributed by atoms with E-state index in [0.717, 1.165) is 17.7 Å². The maximum Gasteiger partial charge on any atom is 0.222 e.